The van der Waals surface area contributed by atoms with Crippen LogP contribution >= 0.6 is 11.6 Å². The van der Waals surface area contributed by atoms with E-state index in [4.69, 9.17) is 11.6 Å². The number of Topliss-reactive ketones (excluding diaryl/α,β-unsaturated/α-hetero) is 1. The van der Waals surface area contributed by atoms with Crippen molar-refractivity contribution >= 4 is 23.7 Å². The topological polar surface area (TPSA) is 34.1 Å². The molecule has 3 heteroatoms. The van der Waals surface area contributed by atoms with E-state index >= 15 is 0 Å². The molecule has 1 aromatic rings. The maximum absolute atomic E-state index is 11.4. The van der Waals surface area contributed by atoms with Crippen molar-refractivity contribution in [2.75, 3.05) is 0 Å². The van der Waals surface area contributed by atoms with Crippen LogP contribution < -0.4 is 0 Å². The van der Waals surface area contributed by atoms with Gasteiger partial charge >= 0.3 is 0 Å². The smallest absolute Gasteiger partial charge is 0.164 e. The van der Waals surface area contributed by atoms with Gasteiger partial charge in [-0.25, -0.2) is 0 Å². The van der Waals surface area contributed by atoms with Crippen LogP contribution in [0.15, 0.2) is 24.3 Å². The van der Waals surface area contributed by atoms with Crippen LogP contribution in [0.3, 0.4) is 0 Å². The average Bonchev–Trinajstić information content (AvgIpc) is 2.15. The number of ketones is 1. The third-order valence-corrected chi connectivity index (χ3v) is 1.99. The van der Waals surface area contributed by atoms with Gasteiger partial charge in [0.05, 0.1) is 5.02 Å². The van der Waals surface area contributed by atoms with E-state index in [0.29, 0.717) is 10.6 Å². The molecule has 1 rings (SSSR count). The van der Waals surface area contributed by atoms with Crippen molar-refractivity contribution in [3.8, 4) is 0 Å². The predicted octanol–water partition coefficient (Wildman–Crippen LogP) is 2.50. The first-order valence-electron chi connectivity index (χ1n) is 3.97. The highest BCUT2D eigenvalue weighted by Gasteiger charge is 2.08. The lowest BCUT2D eigenvalue weighted by atomic mass is 10.1. The minimum atomic E-state index is -0.0855. The summed E-state index contributed by atoms with van der Waals surface area (Å²) in [5, 5.41) is 0.443. The molecule has 0 aliphatic carbocycles. The molecule has 0 saturated carbocycles. The van der Waals surface area contributed by atoms with Gasteiger partial charge in [0.15, 0.2) is 5.78 Å². The van der Waals surface area contributed by atoms with Crippen LogP contribution in [0, 0.1) is 0 Å². The predicted molar refractivity (Wildman–Crippen MR) is 51.1 cm³/mol. The summed E-state index contributed by atoms with van der Waals surface area (Å²) in [7, 11) is 0. The van der Waals surface area contributed by atoms with E-state index in [1.807, 2.05) is 0 Å². The first-order chi connectivity index (χ1) is 6.25. The number of halogens is 1. The van der Waals surface area contributed by atoms with Gasteiger partial charge in [0.2, 0.25) is 0 Å². The van der Waals surface area contributed by atoms with Crippen molar-refractivity contribution in [2.45, 2.75) is 12.8 Å². The zero-order valence-corrected chi connectivity index (χ0v) is 7.75. The van der Waals surface area contributed by atoms with Crippen LogP contribution in [0.5, 0.6) is 0 Å². The number of hydrogen-bond donors (Lipinski definition) is 0. The van der Waals surface area contributed by atoms with Crippen LogP contribution in [-0.4, -0.2) is 12.1 Å². The molecule has 0 heterocycles. The molecule has 1 aromatic carbocycles. The fourth-order valence-corrected chi connectivity index (χ4v) is 1.25. The van der Waals surface area contributed by atoms with E-state index in [1.165, 1.54) is 0 Å². The molecule has 0 bridgehead atoms. The van der Waals surface area contributed by atoms with Crippen molar-refractivity contribution in [3.05, 3.63) is 34.9 Å². The molecule has 13 heavy (non-hydrogen) atoms. The van der Waals surface area contributed by atoms with Gasteiger partial charge in [-0.3, -0.25) is 4.79 Å². The van der Waals surface area contributed by atoms with Gasteiger partial charge in [0.25, 0.3) is 0 Å². The van der Waals surface area contributed by atoms with Gasteiger partial charge in [0, 0.05) is 18.4 Å². The molecular formula is C10H9ClO2. The first-order valence-corrected chi connectivity index (χ1v) is 4.35. The molecule has 0 aliphatic heterocycles. The molecule has 0 radical (unpaired) electrons. The van der Waals surface area contributed by atoms with Gasteiger partial charge in [-0.05, 0) is 12.1 Å². The Morgan fingerprint density at radius 3 is 2.69 bits per heavy atom. The Kier molecular flexibility index (Phi) is 3.65. The molecule has 0 saturated heterocycles. The van der Waals surface area contributed by atoms with E-state index in [1.54, 1.807) is 24.3 Å². The lowest BCUT2D eigenvalue weighted by molar-refractivity contribution is -0.107. The summed E-state index contributed by atoms with van der Waals surface area (Å²) in [6.07, 6.45) is 1.21. The van der Waals surface area contributed by atoms with Crippen molar-refractivity contribution in [1.29, 1.82) is 0 Å². The van der Waals surface area contributed by atoms with Crippen LogP contribution in [0.1, 0.15) is 23.2 Å². The lowest BCUT2D eigenvalue weighted by Crippen LogP contribution is -1.99. The van der Waals surface area contributed by atoms with Crippen molar-refractivity contribution in [1.82, 2.24) is 0 Å². The third kappa shape index (κ3) is 2.67. The number of carbonyl (C=O) groups excluding carboxylic acids is 2. The maximum Gasteiger partial charge on any atom is 0.164 e. The number of rotatable bonds is 4. The van der Waals surface area contributed by atoms with Crippen molar-refractivity contribution < 1.29 is 9.59 Å². The lowest BCUT2D eigenvalue weighted by Gasteiger charge is -2.00. The average molecular weight is 197 g/mol. The van der Waals surface area contributed by atoms with Crippen molar-refractivity contribution in [3.63, 3.8) is 0 Å². The summed E-state index contributed by atoms with van der Waals surface area (Å²) in [6.45, 7) is 0. The molecule has 68 valence electrons. The van der Waals surface area contributed by atoms with Gasteiger partial charge in [-0.1, -0.05) is 23.7 Å². The van der Waals surface area contributed by atoms with E-state index in [2.05, 4.69) is 0 Å². The van der Waals surface area contributed by atoms with Crippen LogP contribution in [-0.2, 0) is 4.79 Å². The van der Waals surface area contributed by atoms with Gasteiger partial charge < -0.3 is 4.79 Å². The minimum Gasteiger partial charge on any atom is -0.303 e. The second-order valence-corrected chi connectivity index (χ2v) is 3.02. The van der Waals surface area contributed by atoms with Crippen molar-refractivity contribution in [2.24, 2.45) is 0 Å². The molecule has 0 N–H and O–H groups in total. The largest absolute Gasteiger partial charge is 0.303 e. The second-order valence-electron chi connectivity index (χ2n) is 2.61. The molecule has 0 atom stereocenters. The monoisotopic (exact) mass is 196 g/mol. The van der Waals surface area contributed by atoms with Gasteiger partial charge in [-0.15, -0.1) is 0 Å². The SMILES string of the molecule is O=CCCC(=O)c1ccccc1Cl. The zero-order valence-electron chi connectivity index (χ0n) is 7.00. The number of carbonyl (C=O) groups is 2. The van der Waals surface area contributed by atoms with E-state index in [0.717, 1.165) is 6.29 Å². The van der Waals surface area contributed by atoms with Gasteiger partial charge in [0.1, 0.15) is 6.29 Å². The van der Waals surface area contributed by atoms with Crippen LogP contribution in [0.25, 0.3) is 0 Å². The summed E-state index contributed by atoms with van der Waals surface area (Å²) in [5.74, 6) is -0.0855. The molecule has 0 aliphatic rings. The molecule has 2 nitrogen and oxygen atoms in total. The molecule has 0 fully saturated rings. The summed E-state index contributed by atoms with van der Waals surface area (Å²) < 4.78 is 0. The van der Waals surface area contributed by atoms with Gasteiger partial charge in [-0.2, -0.15) is 0 Å². The van der Waals surface area contributed by atoms with E-state index in [-0.39, 0.29) is 18.6 Å². The molecule has 0 unspecified atom stereocenters. The Hall–Kier alpha value is -1.15. The quantitative estimate of drug-likeness (QED) is 0.548. The molecule has 0 amide bonds. The molecule has 0 aromatic heterocycles. The summed E-state index contributed by atoms with van der Waals surface area (Å²) >= 11 is 5.79. The molecule has 0 spiro atoms. The standard InChI is InChI=1S/C10H9ClO2/c11-9-5-2-1-4-8(9)10(13)6-3-7-12/h1-2,4-5,7H,3,6H2. The number of aldehydes is 1. The first kappa shape index (κ1) is 9.93. The summed E-state index contributed by atoms with van der Waals surface area (Å²) in [4.78, 5) is 21.4. The van der Waals surface area contributed by atoms with E-state index < -0.39 is 0 Å². The van der Waals surface area contributed by atoms with E-state index in [9.17, 15) is 9.59 Å². The zero-order chi connectivity index (χ0) is 9.68. The number of hydrogen-bond acceptors (Lipinski definition) is 2. The Labute approximate surface area is 81.5 Å². The third-order valence-electron chi connectivity index (χ3n) is 1.66. The van der Waals surface area contributed by atoms with Crippen LogP contribution in [0.4, 0.5) is 0 Å². The highest BCUT2D eigenvalue weighted by molar-refractivity contribution is 6.33. The number of benzene rings is 1. The normalized spacial score (nSPS) is 9.62. The maximum atomic E-state index is 11.4. The highest BCUT2D eigenvalue weighted by Crippen LogP contribution is 2.16. The fraction of sp³-hybridized carbons (Fsp3) is 0.200. The Morgan fingerprint density at radius 2 is 2.08 bits per heavy atom. The molecular weight excluding hydrogens is 188 g/mol. The Bertz CT molecular complexity index is 320. The fourth-order valence-electron chi connectivity index (χ4n) is 1.01. The van der Waals surface area contributed by atoms with Crippen LogP contribution in [0.2, 0.25) is 5.02 Å². The summed E-state index contributed by atoms with van der Waals surface area (Å²) in [5.41, 5.74) is 0.492. The Morgan fingerprint density at radius 1 is 1.38 bits per heavy atom. The highest BCUT2D eigenvalue weighted by atomic mass is 35.5. The Balaban J connectivity index is 2.76. The minimum absolute atomic E-state index is 0.0855. The second kappa shape index (κ2) is 4.77. The summed E-state index contributed by atoms with van der Waals surface area (Å²) in [6, 6.07) is 6.84.